The Morgan fingerprint density at radius 2 is 1.95 bits per heavy atom. The third-order valence-corrected chi connectivity index (χ3v) is 4.52. The van der Waals surface area contributed by atoms with Crippen LogP contribution in [0, 0.1) is 5.92 Å². The number of hydrogen-bond acceptors (Lipinski definition) is 4. The summed E-state index contributed by atoms with van der Waals surface area (Å²) in [5.41, 5.74) is 4.73. The zero-order chi connectivity index (χ0) is 14.5. The normalized spacial score (nSPS) is 20.7. The van der Waals surface area contributed by atoms with Crippen LogP contribution < -0.4 is 15.2 Å². The molecule has 5 N–H and O–H groups in total. The Kier molecular flexibility index (Phi) is 5.57. The van der Waals surface area contributed by atoms with E-state index >= 15 is 0 Å². The third kappa shape index (κ3) is 4.63. The molecule has 0 aromatic rings. The van der Waals surface area contributed by atoms with Crippen molar-refractivity contribution in [3.05, 3.63) is 0 Å². The molecule has 0 heterocycles. The van der Waals surface area contributed by atoms with Gasteiger partial charge >= 0.3 is 0 Å². The Balaban J connectivity index is 2.83. The maximum absolute atomic E-state index is 12.0. The maximum atomic E-state index is 12.0. The standard InChI is InChI=1S/C11H24N4O3S/c1-9(2)8-13-19(17,18)15-11(10(12)14-16)6-4-3-5-7-11/h9,13,15-16H,3-8H2,1-2H3,(H2,12,14). The predicted octanol–water partition coefficient (Wildman–Crippen LogP) is 0.516. The van der Waals surface area contributed by atoms with Crippen molar-refractivity contribution in [1.29, 1.82) is 0 Å². The van der Waals surface area contributed by atoms with Gasteiger partial charge in [-0.1, -0.05) is 38.3 Å². The Labute approximate surface area is 114 Å². The van der Waals surface area contributed by atoms with E-state index in [4.69, 9.17) is 10.9 Å². The number of rotatable bonds is 6. The van der Waals surface area contributed by atoms with Gasteiger partial charge in [0.25, 0.3) is 10.2 Å². The lowest BCUT2D eigenvalue weighted by Gasteiger charge is -2.36. The summed E-state index contributed by atoms with van der Waals surface area (Å²) in [7, 11) is -3.66. The van der Waals surface area contributed by atoms with Gasteiger partial charge in [-0.05, 0) is 18.8 Å². The monoisotopic (exact) mass is 292 g/mol. The number of nitrogens with two attached hydrogens (primary N) is 1. The molecule has 0 aromatic carbocycles. The summed E-state index contributed by atoms with van der Waals surface area (Å²) in [6, 6.07) is 0. The van der Waals surface area contributed by atoms with E-state index < -0.39 is 15.7 Å². The number of nitrogens with zero attached hydrogens (tertiary/aromatic N) is 1. The molecule has 1 aliphatic rings. The van der Waals surface area contributed by atoms with Gasteiger partial charge in [0.1, 0.15) is 0 Å². The molecule has 0 bridgehead atoms. The lowest BCUT2D eigenvalue weighted by molar-refractivity contribution is 0.293. The van der Waals surface area contributed by atoms with E-state index in [-0.39, 0.29) is 11.8 Å². The van der Waals surface area contributed by atoms with E-state index in [1.807, 2.05) is 13.8 Å². The highest BCUT2D eigenvalue weighted by Crippen LogP contribution is 2.29. The lowest BCUT2D eigenvalue weighted by atomic mass is 9.82. The summed E-state index contributed by atoms with van der Waals surface area (Å²) < 4.78 is 29.1. The fraction of sp³-hybridized carbons (Fsp3) is 0.909. The highest BCUT2D eigenvalue weighted by Gasteiger charge is 2.40. The number of hydrogen-bond donors (Lipinski definition) is 4. The van der Waals surface area contributed by atoms with Gasteiger partial charge in [0, 0.05) is 6.54 Å². The van der Waals surface area contributed by atoms with Crippen LogP contribution in [-0.2, 0) is 10.2 Å². The van der Waals surface area contributed by atoms with Crippen LogP contribution in [0.15, 0.2) is 5.16 Å². The van der Waals surface area contributed by atoms with Crippen LogP contribution >= 0.6 is 0 Å². The van der Waals surface area contributed by atoms with Crippen molar-refractivity contribution in [1.82, 2.24) is 9.44 Å². The minimum absolute atomic E-state index is 0.0675. The van der Waals surface area contributed by atoms with E-state index in [1.165, 1.54) is 0 Å². The minimum Gasteiger partial charge on any atom is -0.409 e. The van der Waals surface area contributed by atoms with Crippen LogP contribution in [-0.4, -0.2) is 31.5 Å². The van der Waals surface area contributed by atoms with E-state index in [0.717, 1.165) is 19.3 Å². The van der Waals surface area contributed by atoms with E-state index in [0.29, 0.717) is 19.4 Å². The van der Waals surface area contributed by atoms with Gasteiger partial charge in [0.15, 0.2) is 5.84 Å². The molecule has 0 unspecified atom stereocenters. The van der Waals surface area contributed by atoms with E-state index in [1.54, 1.807) is 0 Å². The molecule has 0 radical (unpaired) electrons. The molecule has 8 heteroatoms. The van der Waals surface area contributed by atoms with Gasteiger partial charge in [0.2, 0.25) is 0 Å². The van der Waals surface area contributed by atoms with Gasteiger partial charge in [-0.3, -0.25) is 0 Å². The van der Waals surface area contributed by atoms with Crippen LogP contribution in [0.4, 0.5) is 0 Å². The maximum Gasteiger partial charge on any atom is 0.277 e. The summed E-state index contributed by atoms with van der Waals surface area (Å²) in [5.74, 6) is 0.143. The average Bonchev–Trinajstić information content (AvgIpc) is 2.36. The second-order valence-electron chi connectivity index (χ2n) is 5.48. The van der Waals surface area contributed by atoms with Crippen LogP contribution in [0.2, 0.25) is 0 Å². The first-order valence-electron chi connectivity index (χ1n) is 6.58. The number of amidine groups is 1. The zero-order valence-corrected chi connectivity index (χ0v) is 12.3. The molecule has 1 aliphatic carbocycles. The smallest absolute Gasteiger partial charge is 0.277 e. The molecular formula is C11H24N4O3S. The molecular weight excluding hydrogens is 268 g/mol. The predicted molar refractivity (Wildman–Crippen MR) is 74.1 cm³/mol. The van der Waals surface area contributed by atoms with Crippen molar-refractivity contribution in [2.24, 2.45) is 16.8 Å². The van der Waals surface area contributed by atoms with Crippen molar-refractivity contribution in [3.8, 4) is 0 Å². The Hall–Kier alpha value is -0.860. The van der Waals surface area contributed by atoms with Crippen LogP contribution in [0.5, 0.6) is 0 Å². The first kappa shape index (κ1) is 16.2. The molecule has 1 rings (SSSR count). The summed E-state index contributed by atoms with van der Waals surface area (Å²) in [5, 5.41) is 11.9. The van der Waals surface area contributed by atoms with Gasteiger partial charge in [-0.25, -0.2) is 4.72 Å². The third-order valence-electron chi connectivity index (χ3n) is 3.32. The largest absolute Gasteiger partial charge is 0.409 e. The topological polar surface area (TPSA) is 117 Å². The first-order chi connectivity index (χ1) is 8.81. The van der Waals surface area contributed by atoms with Crippen LogP contribution in [0.1, 0.15) is 46.0 Å². The molecule has 0 saturated heterocycles. The molecule has 19 heavy (non-hydrogen) atoms. The Bertz CT molecular complexity index is 414. The van der Waals surface area contributed by atoms with Crippen molar-refractivity contribution in [2.45, 2.75) is 51.5 Å². The van der Waals surface area contributed by atoms with Crippen molar-refractivity contribution >= 4 is 16.0 Å². The molecule has 0 spiro atoms. The molecule has 0 amide bonds. The fourth-order valence-electron chi connectivity index (χ4n) is 2.23. The number of oxime groups is 1. The average molecular weight is 292 g/mol. The molecule has 1 fully saturated rings. The van der Waals surface area contributed by atoms with E-state index in [2.05, 4.69) is 14.6 Å². The summed E-state index contributed by atoms with van der Waals surface area (Å²) in [4.78, 5) is 0. The summed E-state index contributed by atoms with van der Waals surface area (Å²) in [6.07, 6.45) is 3.82. The quantitative estimate of drug-likeness (QED) is 0.247. The van der Waals surface area contributed by atoms with E-state index in [9.17, 15) is 8.42 Å². The fourth-order valence-corrected chi connectivity index (χ4v) is 3.68. The molecule has 0 atom stereocenters. The Morgan fingerprint density at radius 1 is 1.37 bits per heavy atom. The minimum atomic E-state index is -3.66. The second-order valence-corrected chi connectivity index (χ2v) is 6.98. The summed E-state index contributed by atoms with van der Waals surface area (Å²) >= 11 is 0. The van der Waals surface area contributed by atoms with Crippen molar-refractivity contribution < 1.29 is 13.6 Å². The van der Waals surface area contributed by atoms with Gasteiger partial charge in [-0.15, -0.1) is 0 Å². The van der Waals surface area contributed by atoms with Crippen molar-refractivity contribution in [2.75, 3.05) is 6.54 Å². The lowest BCUT2D eigenvalue weighted by Crippen LogP contribution is -2.60. The molecule has 0 aliphatic heterocycles. The Morgan fingerprint density at radius 3 is 2.42 bits per heavy atom. The van der Waals surface area contributed by atoms with Gasteiger partial charge in [0.05, 0.1) is 5.54 Å². The van der Waals surface area contributed by atoms with Crippen LogP contribution in [0.25, 0.3) is 0 Å². The summed E-state index contributed by atoms with van der Waals surface area (Å²) in [6.45, 7) is 4.19. The molecule has 0 aromatic heterocycles. The molecule has 112 valence electrons. The van der Waals surface area contributed by atoms with Gasteiger partial charge in [-0.2, -0.15) is 13.1 Å². The highest BCUT2D eigenvalue weighted by atomic mass is 32.2. The number of nitrogens with one attached hydrogen (secondary N) is 2. The van der Waals surface area contributed by atoms with Crippen molar-refractivity contribution in [3.63, 3.8) is 0 Å². The van der Waals surface area contributed by atoms with Crippen LogP contribution in [0.3, 0.4) is 0 Å². The first-order valence-corrected chi connectivity index (χ1v) is 8.06. The van der Waals surface area contributed by atoms with Gasteiger partial charge < -0.3 is 10.9 Å². The SMILES string of the molecule is CC(C)CNS(=O)(=O)NC1(C(N)=NO)CCCCC1. The molecule has 7 nitrogen and oxygen atoms in total. The molecule has 1 saturated carbocycles. The highest BCUT2D eigenvalue weighted by molar-refractivity contribution is 7.87. The zero-order valence-electron chi connectivity index (χ0n) is 11.5. The second kappa shape index (κ2) is 6.53.